The van der Waals surface area contributed by atoms with Crippen LogP contribution in [0.5, 0.6) is 0 Å². The van der Waals surface area contributed by atoms with Crippen molar-refractivity contribution in [2.45, 2.75) is 32.5 Å². The first-order chi connectivity index (χ1) is 9.74. The summed E-state index contributed by atoms with van der Waals surface area (Å²) in [4.78, 5) is 13.9. The quantitative estimate of drug-likeness (QED) is 0.822. The number of aliphatic hydroxyl groups is 2. The third kappa shape index (κ3) is 3.68. The molecule has 0 atom stereocenters. The summed E-state index contributed by atoms with van der Waals surface area (Å²) >= 11 is 0. The van der Waals surface area contributed by atoms with E-state index in [2.05, 4.69) is 0 Å². The Morgan fingerprint density at radius 1 is 1.10 bits per heavy atom. The molecule has 2 rings (SSSR count). The molecule has 1 saturated heterocycles. The van der Waals surface area contributed by atoms with Crippen molar-refractivity contribution in [2.24, 2.45) is 0 Å². The maximum atomic E-state index is 12.0. The van der Waals surface area contributed by atoms with Crippen molar-refractivity contribution in [3.05, 3.63) is 41.0 Å². The van der Waals surface area contributed by atoms with Gasteiger partial charge in [-0.15, -0.1) is 0 Å². The molecule has 4 nitrogen and oxygen atoms in total. The molecule has 0 saturated carbocycles. The average molecular weight is 275 g/mol. The fourth-order valence-corrected chi connectivity index (χ4v) is 2.44. The molecule has 0 aliphatic carbocycles. The van der Waals surface area contributed by atoms with Crippen LogP contribution in [0.15, 0.2) is 24.3 Å². The van der Waals surface area contributed by atoms with Gasteiger partial charge >= 0.3 is 0 Å². The number of nitrogens with zero attached hydrogens (tertiary/aromatic N) is 1. The number of aliphatic hydroxyl groups excluding tert-OH is 2. The molecule has 1 amide bonds. The highest BCUT2D eigenvalue weighted by molar-refractivity contribution is 5.91. The van der Waals surface area contributed by atoms with Crippen molar-refractivity contribution in [3.8, 4) is 0 Å². The van der Waals surface area contributed by atoms with E-state index in [-0.39, 0.29) is 19.1 Å². The third-order valence-electron chi connectivity index (χ3n) is 3.66. The highest BCUT2D eigenvalue weighted by Crippen LogP contribution is 2.14. The Bertz CT molecular complexity index is 490. The van der Waals surface area contributed by atoms with Gasteiger partial charge in [-0.3, -0.25) is 4.79 Å². The highest BCUT2D eigenvalue weighted by Gasteiger charge is 2.13. The third-order valence-corrected chi connectivity index (χ3v) is 3.66. The lowest BCUT2D eigenvalue weighted by Gasteiger charge is -2.25. The van der Waals surface area contributed by atoms with E-state index in [1.54, 1.807) is 24.3 Å². The van der Waals surface area contributed by atoms with Gasteiger partial charge in [0.05, 0.1) is 13.2 Å². The van der Waals surface area contributed by atoms with Crippen molar-refractivity contribution < 1.29 is 15.0 Å². The van der Waals surface area contributed by atoms with Crippen LogP contribution in [-0.4, -0.2) is 34.1 Å². The van der Waals surface area contributed by atoms with Gasteiger partial charge in [-0.25, -0.2) is 0 Å². The Morgan fingerprint density at radius 3 is 2.45 bits per heavy atom. The van der Waals surface area contributed by atoms with Crippen molar-refractivity contribution >= 4 is 12.0 Å². The molecule has 0 spiro atoms. The predicted molar refractivity (Wildman–Crippen MR) is 77.8 cm³/mol. The van der Waals surface area contributed by atoms with E-state index in [1.807, 2.05) is 11.0 Å². The number of likely N-dealkylation sites (tertiary alicyclic amines) is 1. The minimum absolute atomic E-state index is 0.0430. The Kier molecular flexibility index (Phi) is 5.32. The Morgan fingerprint density at radius 2 is 1.80 bits per heavy atom. The molecule has 0 aromatic heterocycles. The predicted octanol–water partition coefficient (Wildman–Crippen LogP) is 1.70. The first-order valence-corrected chi connectivity index (χ1v) is 7.05. The molecule has 1 fully saturated rings. The van der Waals surface area contributed by atoms with Crippen LogP contribution in [0.3, 0.4) is 0 Å². The van der Waals surface area contributed by atoms with Crippen molar-refractivity contribution in [2.75, 3.05) is 13.1 Å². The van der Waals surface area contributed by atoms with E-state index in [1.165, 1.54) is 6.42 Å². The summed E-state index contributed by atoms with van der Waals surface area (Å²) in [6.45, 7) is 1.48. The SMILES string of the molecule is O=C(/C=C/c1ccc(CO)c(CO)c1)N1CCCCC1. The van der Waals surface area contributed by atoms with Gasteiger partial charge in [0.1, 0.15) is 0 Å². The summed E-state index contributed by atoms with van der Waals surface area (Å²) in [5.41, 5.74) is 2.27. The summed E-state index contributed by atoms with van der Waals surface area (Å²) in [7, 11) is 0. The largest absolute Gasteiger partial charge is 0.392 e. The fraction of sp³-hybridized carbons (Fsp3) is 0.438. The van der Waals surface area contributed by atoms with Gasteiger partial charge in [0, 0.05) is 19.2 Å². The van der Waals surface area contributed by atoms with Gasteiger partial charge in [0.15, 0.2) is 0 Å². The summed E-state index contributed by atoms with van der Waals surface area (Å²) in [5.74, 6) is 0.0430. The van der Waals surface area contributed by atoms with Crippen molar-refractivity contribution in [3.63, 3.8) is 0 Å². The monoisotopic (exact) mass is 275 g/mol. The number of benzene rings is 1. The standard InChI is InChI=1S/C16H21NO3/c18-11-14-6-4-13(10-15(14)12-19)5-7-16(20)17-8-2-1-3-9-17/h4-7,10,18-19H,1-3,8-9,11-12H2/b7-5+. The molecule has 108 valence electrons. The molecule has 2 N–H and O–H groups in total. The van der Waals surface area contributed by atoms with Crippen LogP contribution < -0.4 is 0 Å². The number of carbonyl (C=O) groups is 1. The van der Waals surface area contributed by atoms with Crippen LogP contribution in [0.25, 0.3) is 6.08 Å². The van der Waals surface area contributed by atoms with E-state index in [0.717, 1.165) is 31.5 Å². The molecule has 1 aliphatic heterocycles. The second-order valence-electron chi connectivity index (χ2n) is 5.06. The zero-order valence-corrected chi connectivity index (χ0v) is 11.6. The van der Waals surface area contributed by atoms with Crippen LogP contribution >= 0.6 is 0 Å². The number of amides is 1. The number of piperidine rings is 1. The van der Waals surface area contributed by atoms with Crippen molar-refractivity contribution in [1.29, 1.82) is 0 Å². The smallest absolute Gasteiger partial charge is 0.246 e. The lowest BCUT2D eigenvalue weighted by Crippen LogP contribution is -2.34. The molecule has 20 heavy (non-hydrogen) atoms. The van der Waals surface area contributed by atoms with E-state index < -0.39 is 0 Å². The zero-order chi connectivity index (χ0) is 14.4. The fourth-order valence-electron chi connectivity index (χ4n) is 2.44. The summed E-state index contributed by atoms with van der Waals surface area (Å²) in [6, 6.07) is 5.41. The summed E-state index contributed by atoms with van der Waals surface area (Å²) < 4.78 is 0. The number of carbonyl (C=O) groups excluding carboxylic acids is 1. The van der Waals surface area contributed by atoms with Crippen LogP contribution in [0, 0.1) is 0 Å². The molecule has 1 aromatic rings. The summed E-state index contributed by atoms with van der Waals surface area (Å²) in [5, 5.41) is 18.4. The van der Waals surface area contributed by atoms with Gasteiger partial charge in [-0.05, 0) is 48.1 Å². The Labute approximate surface area is 119 Å². The lowest BCUT2D eigenvalue weighted by atomic mass is 10.0. The van der Waals surface area contributed by atoms with Crippen LogP contribution in [0.4, 0.5) is 0 Å². The minimum Gasteiger partial charge on any atom is -0.392 e. The number of hydrogen-bond donors (Lipinski definition) is 2. The first kappa shape index (κ1) is 14.8. The molecule has 1 aromatic carbocycles. The van der Waals surface area contributed by atoms with E-state index >= 15 is 0 Å². The van der Waals surface area contributed by atoms with Crippen molar-refractivity contribution in [1.82, 2.24) is 4.90 Å². The average Bonchev–Trinajstić information content (AvgIpc) is 2.53. The zero-order valence-electron chi connectivity index (χ0n) is 11.6. The molecule has 0 bridgehead atoms. The summed E-state index contributed by atoms with van der Waals surface area (Å²) in [6.07, 6.45) is 6.71. The van der Waals surface area contributed by atoms with E-state index in [4.69, 9.17) is 5.11 Å². The molecular weight excluding hydrogens is 254 g/mol. The number of hydrogen-bond acceptors (Lipinski definition) is 3. The Balaban J connectivity index is 2.04. The van der Waals surface area contributed by atoms with Gasteiger partial charge < -0.3 is 15.1 Å². The first-order valence-electron chi connectivity index (χ1n) is 7.05. The van der Waals surface area contributed by atoms with E-state index in [9.17, 15) is 9.90 Å². The highest BCUT2D eigenvalue weighted by atomic mass is 16.3. The van der Waals surface area contributed by atoms with Gasteiger partial charge in [0.2, 0.25) is 5.91 Å². The second kappa shape index (κ2) is 7.22. The number of rotatable bonds is 4. The normalized spacial score (nSPS) is 15.8. The molecule has 1 aliphatic rings. The Hall–Kier alpha value is -1.65. The van der Waals surface area contributed by atoms with E-state index in [0.29, 0.717) is 11.1 Å². The van der Waals surface area contributed by atoms with Crippen LogP contribution in [0.1, 0.15) is 36.0 Å². The maximum Gasteiger partial charge on any atom is 0.246 e. The molecule has 0 radical (unpaired) electrons. The molecule has 4 heteroatoms. The maximum absolute atomic E-state index is 12.0. The lowest BCUT2D eigenvalue weighted by molar-refractivity contribution is -0.126. The van der Waals surface area contributed by atoms with Crippen LogP contribution in [0.2, 0.25) is 0 Å². The molecular formula is C16H21NO3. The van der Waals surface area contributed by atoms with Gasteiger partial charge in [-0.2, -0.15) is 0 Å². The molecule has 0 unspecified atom stereocenters. The minimum atomic E-state index is -0.113. The van der Waals surface area contributed by atoms with Crippen LogP contribution in [-0.2, 0) is 18.0 Å². The topological polar surface area (TPSA) is 60.8 Å². The van der Waals surface area contributed by atoms with Gasteiger partial charge in [-0.1, -0.05) is 12.1 Å². The second-order valence-corrected chi connectivity index (χ2v) is 5.06. The van der Waals surface area contributed by atoms with Gasteiger partial charge in [0.25, 0.3) is 0 Å². The molecule has 1 heterocycles.